The lowest BCUT2D eigenvalue weighted by atomic mass is 10.1. The molecule has 0 spiro atoms. The van der Waals surface area contributed by atoms with Crippen LogP contribution in [0.25, 0.3) is 0 Å². The van der Waals surface area contributed by atoms with Crippen LogP contribution in [0.4, 0.5) is 0 Å². The highest BCUT2D eigenvalue weighted by Crippen LogP contribution is 2.23. The summed E-state index contributed by atoms with van der Waals surface area (Å²) in [5, 5.41) is 3.66. The van der Waals surface area contributed by atoms with Gasteiger partial charge in [-0.3, -0.25) is 0 Å². The maximum atomic E-state index is 3.66. The molecule has 0 aromatic heterocycles. The van der Waals surface area contributed by atoms with Crippen molar-refractivity contribution in [2.75, 3.05) is 0 Å². The van der Waals surface area contributed by atoms with Crippen LogP contribution in [0.1, 0.15) is 42.4 Å². The van der Waals surface area contributed by atoms with Gasteiger partial charge in [-0.25, -0.2) is 0 Å². The first-order valence-corrected chi connectivity index (χ1v) is 6.95. The largest absolute Gasteiger partial charge is 0.310 e. The van der Waals surface area contributed by atoms with Crippen molar-refractivity contribution in [3.05, 3.63) is 33.3 Å². The minimum Gasteiger partial charge on any atom is -0.310 e. The zero-order chi connectivity index (χ0) is 11.5. The average Bonchev–Trinajstić information content (AvgIpc) is 2.75. The van der Waals surface area contributed by atoms with Gasteiger partial charge in [0.15, 0.2) is 0 Å². The van der Waals surface area contributed by atoms with Crippen molar-refractivity contribution in [2.24, 2.45) is 0 Å². The quantitative estimate of drug-likeness (QED) is 0.880. The number of hydrogen-bond acceptors (Lipinski definition) is 1. The molecular formula is C14H20BrN. The van der Waals surface area contributed by atoms with E-state index in [1.165, 1.54) is 46.8 Å². The van der Waals surface area contributed by atoms with Crippen LogP contribution in [0, 0.1) is 13.8 Å². The molecule has 88 valence electrons. The summed E-state index contributed by atoms with van der Waals surface area (Å²) in [5.41, 5.74) is 4.08. The maximum absolute atomic E-state index is 3.66. The number of aryl methyl sites for hydroxylation is 2. The first-order valence-electron chi connectivity index (χ1n) is 6.16. The molecule has 2 heteroatoms. The Labute approximate surface area is 107 Å². The van der Waals surface area contributed by atoms with Gasteiger partial charge in [-0.05, 0) is 43.4 Å². The lowest BCUT2D eigenvalue weighted by Crippen LogP contribution is -2.25. The normalized spacial score (nSPS) is 16.9. The third-order valence-corrected chi connectivity index (χ3v) is 4.70. The summed E-state index contributed by atoms with van der Waals surface area (Å²) in [5.74, 6) is 0. The summed E-state index contributed by atoms with van der Waals surface area (Å²) in [4.78, 5) is 0. The van der Waals surface area contributed by atoms with Crippen LogP contribution in [0.3, 0.4) is 0 Å². The van der Waals surface area contributed by atoms with Crippen LogP contribution in [0.15, 0.2) is 16.6 Å². The highest BCUT2D eigenvalue weighted by Gasteiger charge is 2.14. The maximum Gasteiger partial charge on any atom is 0.0233 e. The Kier molecular flexibility index (Phi) is 4.04. The molecule has 1 fully saturated rings. The zero-order valence-corrected chi connectivity index (χ0v) is 11.7. The van der Waals surface area contributed by atoms with Crippen LogP contribution in [0.5, 0.6) is 0 Å². The number of halogens is 1. The molecule has 1 aliphatic rings. The second kappa shape index (κ2) is 5.33. The Hall–Kier alpha value is -0.340. The van der Waals surface area contributed by atoms with Gasteiger partial charge in [-0.15, -0.1) is 0 Å². The van der Waals surface area contributed by atoms with Crippen LogP contribution in [0.2, 0.25) is 0 Å². The standard InChI is InChI=1S/C14H20BrN/c1-10-7-12(8-11(2)14(10)15)9-16-13-5-3-4-6-13/h7-8,13,16H,3-6,9H2,1-2H3. The molecule has 0 radical (unpaired) electrons. The molecule has 2 rings (SSSR count). The molecule has 0 atom stereocenters. The summed E-state index contributed by atoms with van der Waals surface area (Å²) >= 11 is 3.61. The van der Waals surface area contributed by atoms with Gasteiger partial charge >= 0.3 is 0 Å². The molecule has 1 saturated carbocycles. The van der Waals surface area contributed by atoms with Gasteiger partial charge in [0.2, 0.25) is 0 Å². The molecular weight excluding hydrogens is 262 g/mol. The third-order valence-electron chi connectivity index (χ3n) is 3.45. The lowest BCUT2D eigenvalue weighted by molar-refractivity contribution is 0.524. The van der Waals surface area contributed by atoms with Crippen molar-refractivity contribution in [1.82, 2.24) is 5.32 Å². The van der Waals surface area contributed by atoms with Gasteiger partial charge in [0.1, 0.15) is 0 Å². The van der Waals surface area contributed by atoms with E-state index in [0.717, 1.165) is 12.6 Å². The van der Waals surface area contributed by atoms with Crippen molar-refractivity contribution < 1.29 is 0 Å². The fourth-order valence-electron chi connectivity index (χ4n) is 2.53. The van der Waals surface area contributed by atoms with Crippen molar-refractivity contribution in [2.45, 2.75) is 52.1 Å². The van der Waals surface area contributed by atoms with Gasteiger partial charge in [0, 0.05) is 17.1 Å². The van der Waals surface area contributed by atoms with E-state index in [2.05, 4.69) is 47.2 Å². The third kappa shape index (κ3) is 2.86. The molecule has 16 heavy (non-hydrogen) atoms. The summed E-state index contributed by atoms with van der Waals surface area (Å²) < 4.78 is 1.25. The fourth-order valence-corrected chi connectivity index (χ4v) is 2.76. The van der Waals surface area contributed by atoms with E-state index in [0.29, 0.717) is 0 Å². The monoisotopic (exact) mass is 281 g/mol. The van der Waals surface area contributed by atoms with Crippen molar-refractivity contribution in [1.29, 1.82) is 0 Å². The summed E-state index contributed by atoms with van der Waals surface area (Å²) in [7, 11) is 0. The smallest absolute Gasteiger partial charge is 0.0233 e. The van der Waals surface area contributed by atoms with Crippen LogP contribution >= 0.6 is 15.9 Å². The molecule has 1 aliphatic carbocycles. The Bertz CT molecular complexity index is 344. The fraction of sp³-hybridized carbons (Fsp3) is 0.571. The van der Waals surface area contributed by atoms with Crippen LogP contribution in [-0.2, 0) is 6.54 Å². The Morgan fingerprint density at radius 2 is 1.75 bits per heavy atom. The number of benzene rings is 1. The SMILES string of the molecule is Cc1cc(CNC2CCCC2)cc(C)c1Br. The molecule has 0 heterocycles. The molecule has 0 aliphatic heterocycles. The van der Waals surface area contributed by atoms with Gasteiger partial charge in [-0.1, -0.05) is 40.9 Å². The van der Waals surface area contributed by atoms with E-state index in [4.69, 9.17) is 0 Å². The minimum atomic E-state index is 0.754. The Morgan fingerprint density at radius 3 is 2.31 bits per heavy atom. The molecule has 1 nitrogen and oxygen atoms in total. The summed E-state index contributed by atoms with van der Waals surface area (Å²) in [6, 6.07) is 5.31. The van der Waals surface area contributed by atoms with E-state index in [1.807, 2.05) is 0 Å². The molecule has 1 N–H and O–H groups in total. The number of hydrogen-bond donors (Lipinski definition) is 1. The van der Waals surface area contributed by atoms with E-state index < -0.39 is 0 Å². The Morgan fingerprint density at radius 1 is 1.19 bits per heavy atom. The van der Waals surface area contributed by atoms with Crippen molar-refractivity contribution in [3.63, 3.8) is 0 Å². The molecule has 1 aromatic rings. The van der Waals surface area contributed by atoms with E-state index in [1.54, 1.807) is 0 Å². The highest BCUT2D eigenvalue weighted by atomic mass is 79.9. The molecule has 0 saturated heterocycles. The number of nitrogens with one attached hydrogen (secondary N) is 1. The van der Waals surface area contributed by atoms with Crippen molar-refractivity contribution in [3.8, 4) is 0 Å². The van der Waals surface area contributed by atoms with E-state index >= 15 is 0 Å². The first-order chi connectivity index (χ1) is 7.66. The second-order valence-corrected chi connectivity index (χ2v) is 5.70. The molecule has 0 bridgehead atoms. The first kappa shape index (κ1) is 12.1. The van der Waals surface area contributed by atoms with E-state index in [-0.39, 0.29) is 0 Å². The predicted octanol–water partition coefficient (Wildman–Crippen LogP) is 4.10. The molecule has 0 amide bonds. The topological polar surface area (TPSA) is 12.0 Å². The van der Waals surface area contributed by atoms with Gasteiger partial charge < -0.3 is 5.32 Å². The second-order valence-electron chi connectivity index (χ2n) is 4.91. The molecule has 1 aromatic carbocycles. The van der Waals surface area contributed by atoms with Crippen molar-refractivity contribution >= 4 is 15.9 Å². The zero-order valence-electron chi connectivity index (χ0n) is 10.1. The summed E-state index contributed by atoms with van der Waals surface area (Å²) in [6.07, 6.45) is 5.51. The lowest BCUT2D eigenvalue weighted by Gasteiger charge is -2.13. The van der Waals surface area contributed by atoms with Crippen LogP contribution < -0.4 is 5.32 Å². The highest BCUT2D eigenvalue weighted by molar-refractivity contribution is 9.10. The predicted molar refractivity (Wildman–Crippen MR) is 72.7 cm³/mol. The summed E-state index contributed by atoms with van der Waals surface area (Å²) in [6.45, 7) is 5.34. The Balaban J connectivity index is 1.98. The number of rotatable bonds is 3. The average molecular weight is 282 g/mol. The van der Waals surface area contributed by atoms with Gasteiger partial charge in [0.05, 0.1) is 0 Å². The van der Waals surface area contributed by atoms with Gasteiger partial charge in [-0.2, -0.15) is 0 Å². The van der Waals surface area contributed by atoms with E-state index in [9.17, 15) is 0 Å². The van der Waals surface area contributed by atoms with Crippen LogP contribution in [-0.4, -0.2) is 6.04 Å². The minimum absolute atomic E-state index is 0.754. The molecule has 0 unspecified atom stereocenters. The van der Waals surface area contributed by atoms with Gasteiger partial charge in [0.25, 0.3) is 0 Å².